The lowest BCUT2D eigenvalue weighted by atomic mass is 10.0. The molecule has 0 spiro atoms. The number of benzene rings is 2. The summed E-state index contributed by atoms with van der Waals surface area (Å²) in [5, 5.41) is 3.59. The van der Waals surface area contributed by atoms with Gasteiger partial charge in [0, 0.05) is 11.2 Å². The largest absolute Gasteiger partial charge is 0.380 e. The molecule has 0 aliphatic rings. The minimum Gasteiger partial charge on any atom is -0.380 e. The van der Waals surface area contributed by atoms with Crippen molar-refractivity contribution in [3.8, 4) is 0 Å². The van der Waals surface area contributed by atoms with Crippen LogP contribution in [0.2, 0.25) is 0 Å². The Morgan fingerprint density at radius 2 is 1.42 bits per heavy atom. The Morgan fingerprint density at radius 1 is 0.789 bits per heavy atom. The van der Waals surface area contributed by atoms with E-state index in [-0.39, 0.29) is 5.54 Å². The molecular weight excluding hydrogens is 230 g/mol. The first kappa shape index (κ1) is 13.7. The molecule has 2 rings (SSSR count). The second kappa shape index (κ2) is 5.92. The molecule has 2 aromatic rings. The van der Waals surface area contributed by atoms with E-state index in [1.54, 1.807) is 0 Å². The Balaban J connectivity index is 2.08. The van der Waals surface area contributed by atoms with Crippen LogP contribution in [0, 0.1) is 0 Å². The Kier molecular flexibility index (Phi) is 4.26. The van der Waals surface area contributed by atoms with Gasteiger partial charge in [0.25, 0.3) is 0 Å². The van der Waals surface area contributed by atoms with Crippen LogP contribution in [0.15, 0.2) is 54.6 Å². The minimum atomic E-state index is 0.100. The summed E-state index contributed by atoms with van der Waals surface area (Å²) in [5.74, 6) is 0. The molecule has 2 aromatic carbocycles. The summed E-state index contributed by atoms with van der Waals surface area (Å²) < 4.78 is 0. The van der Waals surface area contributed by atoms with Gasteiger partial charge in [0.2, 0.25) is 0 Å². The fraction of sp³-hybridized carbons (Fsp3) is 0.333. The van der Waals surface area contributed by atoms with Crippen LogP contribution in [0.25, 0.3) is 0 Å². The lowest BCUT2D eigenvalue weighted by Gasteiger charge is -2.24. The van der Waals surface area contributed by atoms with Gasteiger partial charge in [0.15, 0.2) is 0 Å². The molecule has 0 bridgehead atoms. The van der Waals surface area contributed by atoms with Crippen molar-refractivity contribution in [2.45, 2.75) is 39.2 Å². The van der Waals surface area contributed by atoms with Crippen molar-refractivity contribution in [1.82, 2.24) is 0 Å². The van der Waals surface area contributed by atoms with E-state index in [2.05, 4.69) is 80.7 Å². The van der Waals surface area contributed by atoms with E-state index < -0.39 is 0 Å². The molecule has 0 aliphatic heterocycles. The summed E-state index contributed by atoms with van der Waals surface area (Å²) in [6, 6.07) is 19.3. The van der Waals surface area contributed by atoms with Gasteiger partial charge in [-0.25, -0.2) is 0 Å². The van der Waals surface area contributed by atoms with Gasteiger partial charge in [0.05, 0.1) is 0 Å². The highest BCUT2D eigenvalue weighted by Crippen LogP contribution is 2.21. The van der Waals surface area contributed by atoms with Crippen molar-refractivity contribution in [3.63, 3.8) is 0 Å². The van der Waals surface area contributed by atoms with E-state index in [1.165, 1.54) is 16.8 Å². The van der Waals surface area contributed by atoms with Gasteiger partial charge < -0.3 is 5.32 Å². The smallest absolute Gasteiger partial charge is 0.0376 e. The molecule has 0 atom stereocenters. The standard InChI is InChI=1S/C18H23N/c1-18(2,3)19-17-12-8-7-11-16(17)14-13-15-9-5-4-6-10-15/h4-12,19H,13-14H2,1-3H3. The van der Waals surface area contributed by atoms with Gasteiger partial charge in [-0.05, 0) is 50.8 Å². The van der Waals surface area contributed by atoms with Crippen molar-refractivity contribution in [3.05, 3.63) is 65.7 Å². The molecule has 0 saturated carbocycles. The number of anilines is 1. The normalized spacial score (nSPS) is 11.3. The van der Waals surface area contributed by atoms with Crippen LogP contribution in [-0.4, -0.2) is 5.54 Å². The Labute approximate surface area is 116 Å². The summed E-state index contributed by atoms with van der Waals surface area (Å²) in [5.41, 5.74) is 4.14. The van der Waals surface area contributed by atoms with Gasteiger partial charge in [-0.1, -0.05) is 48.5 Å². The molecule has 1 nitrogen and oxygen atoms in total. The molecule has 0 fully saturated rings. The number of nitrogens with one attached hydrogen (secondary N) is 1. The molecule has 0 aromatic heterocycles. The first-order chi connectivity index (χ1) is 9.04. The van der Waals surface area contributed by atoms with Crippen LogP contribution in [0.1, 0.15) is 31.9 Å². The number of para-hydroxylation sites is 1. The molecule has 0 saturated heterocycles. The summed E-state index contributed by atoms with van der Waals surface area (Å²) in [7, 11) is 0. The van der Waals surface area contributed by atoms with Crippen molar-refractivity contribution >= 4 is 5.69 Å². The van der Waals surface area contributed by atoms with E-state index in [9.17, 15) is 0 Å². The highest BCUT2D eigenvalue weighted by molar-refractivity contribution is 5.52. The summed E-state index contributed by atoms with van der Waals surface area (Å²) in [6.45, 7) is 6.59. The van der Waals surface area contributed by atoms with E-state index >= 15 is 0 Å². The zero-order valence-corrected chi connectivity index (χ0v) is 12.1. The summed E-state index contributed by atoms with van der Waals surface area (Å²) in [6.07, 6.45) is 2.16. The minimum absolute atomic E-state index is 0.100. The fourth-order valence-corrected chi connectivity index (χ4v) is 2.19. The molecule has 0 aliphatic carbocycles. The Morgan fingerprint density at radius 3 is 2.11 bits per heavy atom. The van der Waals surface area contributed by atoms with Crippen molar-refractivity contribution in [2.24, 2.45) is 0 Å². The molecule has 0 amide bonds. The van der Waals surface area contributed by atoms with Crippen LogP contribution >= 0.6 is 0 Å². The topological polar surface area (TPSA) is 12.0 Å². The lowest BCUT2D eigenvalue weighted by molar-refractivity contribution is 0.632. The van der Waals surface area contributed by atoms with E-state index in [1.807, 2.05) is 0 Å². The van der Waals surface area contributed by atoms with Crippen LogP contribution in [0.3, 0.4) is 0 Å². The Hall–Kier alpha value is -1.76. The maximum absolute atomic E-state index is 3.59. The third-order valence-corrected chi connectivity index (χ3v) is 3.05. The van der Waals surface area contributed by atoms with Gasteiger partial charge >= 0.3 is 0 Å². The van der Waals surface area contributed by atoms with Crippen molar-refractivity contribution < 1.29 is 0 Å². The predicted molar refractivity (Wildman–Crippen MR) is 83.7 cm³/mol. The molecule has 1 heteroatoms. The number of hydrogen-bond acceptors (Lipinski definition) is 1. The molecule has 0 heterocycles. The quantitative estimate of drug-likeness (QED) is 0.834. The third kappa shape index (κ3) is 4.44. The SMILES string of the molecule is CC(C)(C)Nc1ccccc1CCc1ccccc1. The van der Waals surface area contributed by atoms with Crippen LogP contribution in [0.4, 0.5) is 5.69 Å². The number of rotatable bonds is 4. The molecule has 19 heavy (non-hydrogen) atoms. The lowest BCUT2D eigenvalue weighted by Crippen LogP contribution is -2.26. The van der Waals surface area contributed by atoms with Gasteiger partial charge in [-0.3, -0.25) is 0 Å². The highest BCUT2D eigenvalue weighted by atomic mass is 15.0. The zero-order chi connectivity index (χ0) is 13.7. The molecule has 100 valence electrons. The van der Waals surface area contributed by atoms with Crippen LogP contribution in [0.5, 0.6) is 0 Å². The number of hydrogen-bond donors (Lipinski definition) is 1. The fourth-order valence-electron chi connectivity index (χ4n) is 2.19. The van der Waals surface area contributed by atoms with E-state index in [4.69, 9.17) is 0 Å². The average molecular weight is 253 g/mol. The first-order valence-electron chi connectivity index (χ1n) is 6.95. The summed E-state index contributed by atoms with van der Waals surface area (Å²) >= 11 is 0. The summed E-state index contributed by atoms with van der Waals surface area (Å²) in [4.78, 5) is 0. The maximum atomic E-state index is 3.59. The van der Waals surface area contributed by atoms with E-state index in [0.717, 1.165) is 12.8 Å². The van der Waals surface area contributed by atoms with Gasteiger partial charge in [-0.2, -0.15) is 0 Å². The second-order valence-corrected chi connectivity index (χ2v) is 6.02. The van der Waals surface area contributed by atoms with Crippen molar-refractivity contribution in [1.29, 1.82) is 0 Å². The van der Waals surface area contributed by atoms with Crippen LogP contribution < -0.4 is 5.32 Å². The first-order valence-corrected chi connectivity index (χ1v) is 6.95. The van der Waals surface area contributed by atoms with Crippen molar-refractivity contribution in [2.75, 3.05) is 5.32 Å². The Bertz CT molecular complexity index is 509. The average Bonchev–Trinajstić information content (AvgIpc) is 2.37. The number of aryl methyl sites for hydroxylation is 2. The molecule has 1 N–H and O–H groups in total. The van der Waals surface area contributed by atoms with Crippen LogP contribution in [-0.2, 0) is 12.8 Å². The molecular formula is C18H23N. The molecule has 0 radical (unpaired) electrons. The van der Waals surface area contributed by atoms with Gasteiger partial charge in [-0.15, -0.1) is 0 Å². The molecule has 0 unspecified atom stereocenters. The maximum Gasteiger partial charge on any atom is 0.0376 e. The van der Waals surface area contributed by atoms with E-state index in [0.29, 0.717) is 0 Å². The third-order valence-electron chi connectivity index (χ3n) is 3.05. The highest BCUT2D eigenvalue weighted by Gasteiger charge is 2.11. The van der Waals surface area contributed by atoms with Gasteiger partial charge in [0.1, 0.15) is 0 Å². The predicted octanol–water partition coefficient (Wildman–Crippen LogP) is 4.68. The second-order valence-electron chi connectivity index (χ2n) is 6.02. The zero-order valence-electron chi connectivity index (χ0n) is 12.1. The monoisotopic (exact) mass is 253 g/mol.